The van der Waals surface area contributed by atoms with Crippen LogP contribution in [0.3, 0.4) is 0 Å². The van der Waals surface area contributed by atoms with Gasteiger partial charge in [-0.1, -0.05) is 12.1 Å². The Bertz CT molecular complexity index is 643. The van der Waals surface area contributed by atoms with E-state index in [0.29, 0.717) is 17.4 Å². The Kier molecular flexibility index (Phi) is 2.57. The van der Waals surface area contributed by atoms with Crippen molar-refractivity contribution in [2.45, 2.75) is 0 Å². The fourth-order valence-corrected chi connectivity index (χ4v) is 1.80. The number of anilines is 1. The van der Waals surface area contributed by atoms with Gasteiger partial charge in [0.2, 0.25) is 0 Å². The van der Waals surface area contributed by atoms with Gasteiger partial charge in [0.05, 0.1) is 6.26 Å². The molecule has 5 nitrogen and oxygen atoms in total. The number of para-hydroxylation sites is 1. The van der Waals surface area contributed by atoms with Crippen LogP contribution in [-0.4, -0.2) is 22.2 Å². The first-order valence-electron chi connectivity index (χ1n) is 5.62. The molecule has 2 heterocycles. The van der Waals surface area contributed by atoms with E-state index in [-0.39, 0.29) is 0 Å². The third-order valence-corrected chi connectivity index (χ3v) is 2.68. The summed E-state index contributed by atoms with van der Waals surface area (Å²) in [4.78, 5) is 4.43. The van der Waals surface area contributed by atoms with E-state index in [9.17, 15) is 0 Å². The van der Waals surface area contributed by atoms with Crippen molar-refractivity contribution in [3.63, 3.8) is 0 Å². The lowest BCUT2D eigenvalue weighted by Crippen LogP contribution is -1.92. The lowest BCUT2D eigenvalue weighted by atomic mass is 10.1. The lowest BCUT2D eigenvalue weighted by molar-refractivity contribution is 0.577. The molecule has 2 aromatic heterocycles. The molecule has 0 fully saturated rings. The minimum Gasteiger partial charge on any atom is -0.461 e. The summed E-state index contributed by atoms with van der Waals surface area (Å²) in [7, 11) is 1.87. The molecule has 0 aliphatic rings. The van der Waals surface area contributed by atoms with Crippen LogP contribution in [0.25, 0.3) is 23.0 Å². The number of hydrogen-bond donors (Lipinski definition) is 2. The highest BCUT2D eigenvalue weighted by atomic mass is 16.3. The number of hydrogen-bond acceptors (Lipinski definition) is 4. The quantitative estimate of drug-likeness (QED) is 0.738. The van der Waals surface area contributed by atoms with Crippen LogP contribution in [-0.2, 0) is 0 Å². The second-order valence-electron chi connectivity index (χ2n) is 3.78. The van der Waals surface area contributed by atoms with Crippen LogP contribution in [0.5, 0.6) is 0 Å². The van der Waals surface area contributed by atoms with Crippen molar-refractivity contribution in [2.75, 3.05) is 12.4 Å². The van der Waals surface area contributed by atoms with Gasteiger partial charge in [-0.2, -0.15) is 5.10 Å². The maximum atomic E-state index is 5.28. The van der Waals surface area contributed by atoms with Gasteiger partial charge in [-0.25, -0.2) is 4.98 Å². The first-order chi connectivity index (χ1) is 8.88. The van der Waals surface area contributed by atoms with Gasteiger partial charge in [0.15, 0.2) is 17.4 Å². The standard InChI is InChI=1S/C13H12N4O/c1-14-10-6-3-2-5-9(10)12-15-13(17-16-12)11-7-4-8-18-11/h2-8,14H,1H3,(H,15,16,17). The molecular formula is C13H12N4O. The Morgan fingerprint density at radius 2 is 2.06 bits per heavy atom. The van der Waals surface area contributed by atoms with Crippen molar-refractivity contribution in [1.29, 1.82) is 0 Å². The molecule has 0 aliphatic carbocycles. The predicted octanol–water partition coefficient (Wildman–Crippen LogP) is 2.77. The summed E-state index contributed by atoms with van der Waals surface area (Å²) in [5.41, 5.74) is 1.94. The van der Waals surface area contributed by atoms with Gasteiger partial charge < -0.3 is 9.73 Å². The zero-order valence-corrected chi connectivity index (χ0v) is 9.84. The van der Waals surface area contributed by atoms with Crippen LogP contribution in [0, 0.1) is 0 Å². The fourth-order valence-electron chi connectivity index (χ4n) is 1.80. The van der Waals surface area contributed by atoms with E-state index in [1.807, 2.05) is 43.4 Å². The van der Waals surface area contributed by atoms with Crippen LogP contribution in [0.4, 0.5) is 5.69 Å². The van der Waals surface area contributed by atoms with E-state index in [1.54, 1.807) is 6.26 Å². The average Bonchev–Trinajstić information content (AvgIpc) is 3.09. The highest BCUT2D eigenvalue weighted by molar-refractivity contribution is 5.73. The van der Waals surface area contributed by atoms with Crippen LogP contribution in [0.15, 0.2) is 47.1 Å². The molecule has 0 spiro atoms. The van der Waals surface area contributed by atoms with Crippen molar-refractivity contribution in [3.8, 4) is 23.0 Å². The SMILES string of the molecule is CNc1ccccc1-c1n[nH]c(-c2ccco2)n1. The molecule has 0 saturated heterocycles. The third-order valence-electron chi connectivity index (χ3n) is 2.68. The third kappa shape index (κ3) is 1.75. The molecule has 5 heteroatoms. The fraction of sp³-hybridized carbons (Fsp3) is 0.0769. The molecule has 0 unspecified atom stereocenters. The van der Waals surface area contributed by atoms with Crippen molar-refractivity contribution in [3.05, 3.63) is 42.7 Å². The molecule has 0 amide bonds. The number of nitrogens with zero attached hydrogens (tertiary/aromatic N) is 2. The molecule has 90 valence electrons. The highest BCUT2D eigenvalue weighted by Crippen LogP contribution is 2.26. The van der Waals surface area contributed by atoms with Crippen molar-refractivity contribution >= 4 is 5.69 Å². The van der Waals surface area contributed by atoms with E-state index < -0.39 is 0 Å². The van der Waals surface area contributed by atoms with E-state index >= 15 is 0 Å². The summed E-state index contributed by atoms with van der Waals surface area (Å²) in [6, 6.07) is 11.5. The molecule has 0 radical (unpaired) electrons. The number of aromatic amines is 1. The van der Waals surface area contributed by atoms with Gasteiger partial charge in [-0.15, -0.1) is 0 Å². The molecule has 0 aliphatic heterocycles. The number of nitrogens with one attached hydrogen (secondary N) is 2. The molecule has 2 N–H and O–H groups in total. The molecule has 3 aromatic rings. The monoisotopic (exact) mass is 240 g/mol. The summed E-state index contributed by atoms with van der Waals surface area (Å²) in [5.74, 6) is 1.95. The van der Waals surface area contributed by atoms with Gasteiger partial charge >= 0.3 is 0 Å². The Hall–Kier alpha value is -2.56. The Balaban J connectivity index is 2.03. The smallest absolute Gasteiger partial charge is 0.192 e. The van der Waals surface area contributed by atoms with Gasteiger partial charge in [0.25, 0.3) is 0 Å². The van der Waals surface area contributed by atoms with E-state index in [4.69, 9.17) is 4.42 Å². The normalized spacial score (nSPS) is 10.5. The molecule has 0 saturated carbocycles. The summed E-state index contributed by atoms with van der Waals surface area (Å²) >= 11 is 0. The summed E-state index contributed by atoms with van der Waals surface area (Å²) in [6.45, 7) is 0. The molecule has 3 rings (SSSR count). The number of aromatic nitrogens is 3. The first-order valence-corrected chi connectivity index (χ1v) is 5.62. The molecule has 1 aromatic carbocycles. The average molecular weight is 240 g/mol. The van der Waals surface area contributed by atoms with Crippen molar-refractivity contribution in [1.82, 2.24) is 15.2 Å². The first kappa shape index (κ1) is 10.6. The van der Waals surface area contributed by atoms with Crippen LogP contribution < -0.4 is 5.32 Å². The van der Waals surface area contributed by atoms with Gasteiger partial charge in [-0.3, -0.25) is 5.10 Å². The predicted molar refractivity (Wildman–Crippen MR) is 69.1 cm³/mol. The maximum absolute atomic E-state index is 5.28. The minimum absolute atomic E-state index is 0.626. The van der Waals surface area contributed by atoms with Gasteiger partial charge in [0.1, 0.15) is 0 Å². The van der Waals surface area contributed by atoms with E-state index in [2.05, 4.69) is 20.5 Å². The Labute approximate surface area is 104 Å². The number of rotatable bonds is 3. The Morgan fingerprint density at radius 3 is 2.83 bits per heavy atom. The molecular weight excluding hydrogens is 228 g/mol. The number of H-pyrrole nitrogens is 1. The van der Waals surface area contributed by atoms with Gasteiger partial charge in [0, 0.05) is 18.3 Å². The summed E-state index contributed by atoms with van der Waals surface area (Å²) in [5, 5.41) is 10.2. The van der Waals surface area contributed by atoms with Crippen molar-refractivity contribution in [2.24, 2.45) is 0 Å². The van der Waals surface area contributed by atoms with Crippen LogP contribution >= 0.6 is 0 Å². The second-order valence-corrected chi connectivity index (χ2v) is 3.78. The molecule has 0 bridgehead atoms. The Morgan fingerprint density at radius 1 is 1.17 bits per heavy atom. The summed E-state index contributed by atoms with van der Waals surface area (Å²) in [6.07, 6.45) is 1.61. The van der Waals surface area contributed by atoms with Crippen molar-refractivity contribution < 1.29 is 4.42 Å². The van der Waals surface area contributed by atoms with Crippen LogP contribution in [0.2, 0.25) is 0 Å². The van der Waals surface area contributed by atoms with E-state index in [0.717, 1.165) is 11.3 Å². The topological polar surface area (TPSA) is 66.7 Å². The zero-order chi connectivity index (χ0) is 12.4. The van der Waals surface area contributed by atoms with Gasteiger partial charge in [-0.05, 0) is 24.3 Å². The molecule has 18 heavy (non-hydrogen) atoms. The van der Waals surface area contributed by atoms with Crippen LogP contribution in [0.1, 0.15) is 0 Å². The largest absolute Gasteiger partial charge is 0.461 e. The minimum atomic E-state index is 0.626. The number of furan rings is 1. The lowest BCUT2D eigenvalue weighted by Gasteiger charge is -2.04. The second kappa shape index (κ2) is 4.37. The maximum Gasteiger partial charge on any atom is 0.192 e. The molecule has 0 atom stereocenters. The zero-order valence-electron chi connectivity index (χ0n) is 9.84. The summed E-state index contributed by atoms with van der Waals surface area (Å²) < 4.78 is 5.28. The number of benzene rings is 1. The van der Waals surface area contributed by atoms with E-state index in [1.165, 1.54) is 0 Å². The highest BCUT2D eigenvalue weighted by Gasteiger charge is 2.11.